The van der Waals surface area contributed by atoms with Crippen LogP contribution in [0.25, 0.3) is 11.3 Å². The van der Waals surface area contributed by atoms with E-state index in [0.29, 0.717) is 5.92 Å². The molecule has 90 valence electrons. The zero-order valence-electron chi connectivity index (χ0n) is 10.3. The van der Waals surface area contributed by atoms with Crippen LogP contribution in [0.1, 0.15) is 37.5 Å². The van der Waals surface area contributed by atoms with Gasteiger partial charge in [-0.3, -0.25) is 0 Å². The summed E-state index contributed by atoms with van der Waals surface area (Å²) in [7, 11) is 0. The van der Waals surface area contributed by atoms with Crippen LogP contribution in [0.4, 0.5) is 4.39 Å². The first-order valence-electron chi connectivity index (χ1n) is 5.85. The van der Waals surface area contributed by atoms with E-state index in [1.807, 2.05) is 6.92 Å². The van der Waals surface area contributed by atoms with Crippen LogP contribution in [-0.2, 0) is 0 Å². The summed E-state index contributed by atoms with van der Waals surface area (Å²) in [5.74, 6) is 0.999. The molecule has 0 aliphatic heterocycles. The Balaban J connectivity index is 2.49. The van der Waals surface area contributed by atoms with Crippen molar-refractivity contribution >= 4 is 0 Å². The molecule has 0 N–H and O–H groups in total. The summed E-state index contributed by atoms with van der Waals surface area (Å²) in [5.41, 5.74) is 2.86. The minimum atomic E-state index is -0.237. The number of aryl methyl sites for hydroxylation is 1. The van der Waals surface area contributed by atoms with Gasteiger partial charge in [-0.15, -0.1) is 0 Å². The van der Waals surface area contributed by atoms with E-state index in [4.69, 9.17) is 4.52 Å². The molecule has 2 aromatic rings. The van der Waals surface area contributed by atoms with E-state index in [1.54, 1.807) is 12.1 Å². The summed E-state index contributed by atoms with van der Waals surface area (Å²) in [6.45, 7) is 6.19. The molecule has 1 heterocycles. The van der Waals surface area contributed by atoms with Crippen LogP contribution in [0.2, 0.25) is 0 Å². The fourth-order valence-corrected chi connectivity index (χ4v) is 1.98. The lowest BCUT2D eigenvalue weighted by molar-refractivity contribution is 0.397. The molecule has 1 atom stereocenters. The van der Waals surface area contributed by atoms with Crippen LogP contribution in [-0.4, -0.2) is 5.16 Å². The second-order valence-electron chi connectivity index (χ2n) is 4.32. The van der Waals surface area contributed by atoms with Crippen molar-refractivity contribution in [3.63, 3.8) is 0 Å². The van der Waals surface area contributed by atoms with Crippen LogP contribution < -0.4 is 0 Å². The number of nitrogens with zero attached hydrogens (tertiary/aromatic N) is 1. The Kier molecular flexibility index (Phi) is 3.27. The summed E-state index contributed by atoms with van der Waals surface area (Å²) in [5, 5.41) is 4.09. The topological polar surface area (TPSA) is 26.0 Å². The smallest absolute Gasteiger partial charge is 0.137 e. The van der Waals surface area contributed by atoms with Crippen molar-refractivity contribution in [3.05, 3.63) is 41.4 Å². The highest BCUT2D eigenvalue weighted by Gasteiger charge is 2.18. The average Bonchev–Trinajstić information content (AvgIpc) is 2.71. The van der Waals surface area contributed by atoms with Crippen LogP contribution in [0.3, 0.4) is 0 Å². The Labute approximate surface area is 100 Å². The summed E-state index contributed by atoms with van der Waals surface area (Å²) >= 11 is 0. The van der Waals surface area contributed by atoms with Gasteiger partial charge in [-0.05, 0) is 43.5 Å². The first-order valence-corrected chi connectivity index (χ1v) is 5.85. The molecule has 0 amide bonds. The van der Waals surface area contributed by atoms with Crippen molar-refractivity contribution in [3.8, 4) is 11.3 Å². The highest BCUT2D eigenvalue weighted by molar-refractivity contribution is 5.64. The molecule has 0 aliphatic carbocycles. The number of benzene rings is 1. The van der Waals surface area contributed by atoms with Gasteiger partial charge >= 0.3 is 0 Å². The predicted molar refractivity (Wildman–Crippen MR) is 65.3 cm³/mol. The summed E-state index contributed by atoms with van der Waals surface area (Å²) < 4.78 is 18.1. The van der Waals surface area contributed by atoms with Gasteiger partial charge < -0.3 is 4.52 Å². The molecule has 0 fully saturated rings. The molecule has 2 rings (SSSR count). The van der Waals surface area contributed by atoms with E-state index in [9.17, 15) is 4.39 Å². The van der Waals surface area contributed by atoms with Gasteiger partial charge in [-0.2, -0.15) is 0 Å². The van der Waals surface area contributed by atoms with Crippen molar-refractivity contribution in [1.82, 2.24) is 5.16 Å². The van der Waals surface area contributed by atoms with E-state index in [0.717, 1.165) is 29.0 Å². The molecule has 1 aromatic carbocycles. The molecule has 0 aliphatic rings. The molecule has 0 radical (unpaired) electrons. The van der Waals surface area contributed by atoms with Gasteiger partial charge in [0.25, 0.3) is 0 Å². The summed E-state index contributed by atoms with van der Waals surface area (Å²) in [4.78, 5) is 0. The number of halogens is 1. The second-order valence-corrected chi connectivity index (χ2v) is 4.32. The van der Waals surface area contributed by atoms with Gasteiger partial charge in [0.15, 0.2) is 0 Å². The quantitative estimate of drug-likeness (QED) is 0.789. The third kappa shape index (κ3) is 2.23. The maximum atomic E-state index is 12.9. The lowest BCUT2D eigenvalue weighted by atomic mass is 9.94. The molecule has 2 nitrogen and oxygen atoms in total. The maximum absolute atomic E-state index is 12.9. The van der Waals surface area contributed by atoms with E-state index in [2.05, 4.69) is 19.0 Å². The summed E-state index contributed by atoms with van der Waals surface area (Å²) in [6.07, 6.45) is 1.02. The average molecular weight is 233 g/mol. The van der Waals surface area contributed by atoms with Gasteiger partial charge in [-0.25, -0.2) is 4.39 Å². The van der Waals surface area contributed by atoms with E-state index >= 15 is 0 Å². The minimum absolute atomic E-state index is 0.237. The van der Waals surface area contributed by atoms with Crippen molar-refractivity contribution in [2.75, 3.05) is 0 Å². The zero-order chi connectivity index (χ0) is 12.4. The Morgan fingerprint density at radius 3 is 2.53 bits per heavy atom. The third-order valence-corrected chi connectivity index (χ3v) is 3.13. The highest BCUT2D eigenvalue weighted by atomic mass is 19.1. The Morgan fingerprint density at radius 1 is 1.29 bits per heavy atom. The zero-order valence-corrected chi connectivity index (χ0v) is 10.3. The fraction of sp³-hybridized carbons (Fsp3) is 0.357. The lowest BCUT2D eigenvalue weighted by Crippen LogP contribution is -1.95. The number of hydrogen-bond acceptors (Lipinski definition) is 2. The largest absolute Gasteiger partial charge is 0.361 e. The molecule has 3 heteroatoms. The highest BCUT2D eigenvalue weighted by Crippen LogP contribution is 2.32. The van der Waals surface area contributed by atoms with Crippen molar-refractivity contribution in [2.45, 2.75) is 33.1 Å². The van der Waals surface area contributed by atoms with Crippen molar-refractivity contribution in [1.29, 1.82) is 0 Å². The molecule has 0 bridgehead atoms. The van der Waals surface area contributed by atoms with E-state index in [1.165, 1.54) is 12.1 Å². The molecular formula is C14H16FNO. The van der Waals surface area contributed by atoms with Gasteiger partial charge in [-0.1, -0.05) is 19.0 Å². The van der Waals surface area contributed by atoms with E-state index in [-0.39, 0.29) is 5.82 Å². The molecular weight excluding hydrogens is 217 g/mol. The molecule has 1 unspecified atom stereocenters. The van der Waals surface area contributed by atoms with Crippen molar-refractivity contribution < 1.29 is 8.91 Å². The maximum Gasteiger partial charge on any atom is 0.137 e. The van der Waals surface area contributed by atoms with Gasteiger partial charge in [0.2, 0.25) is 0 Å². The molecule has 0 saturated heterocycles. The van der Waals surface area contributed by atoms with Crippen LogP contribution in [0.5, 0.6) is 0 Å². The van der Waals surface area contributed by atoms with Gasteiger partial charge in [0.1, 0.15) is 17.3 Å². The molecule has 0 spiro atoms. The number of hydrogen-bond donors (Lipinski definition) is 0. The third-order valence-electron chi connectivity index (χ3n) is 3.13. The lowest BCUT2D eigenvalue weighted by Gasteiger charge is -2.09. The monoisotopic (exact) mass is 233 g/mol. The number of aromatic nitrogens is 1. The van der Waals surface area contributed by atoms with Gasteiger partial charge in [0.05, 0.1) is 0 Å². The Bertz CT molecular complexity index is 501. The normalized spacial score (nSPS) is 12.7. The summed E-state index contributed by atoms with van der Waals surface area (Å²) in [6, 6.07) is 6.36. The minimum Gasteiger partial charge on any atom is -0.361 e. The van der Waals surface area contributed by atoms with Crippen LogP contribution in [0, 0.1) is 12.7 Å². The van der Waals surface area contributed by atoms with Crippen LogP contribution in [0.15, 0.2) is 28.8 Å². The van der Waals surface area contributed by atoms with Crippen LogP contribution >= 0.6 is 0 Å². The SMILES string of the molecule is CCC(C)c1c(-c2ccc(F)cc2)noc1C. The Morgan fingerprint density at radius 2 is 1.94 bits per heavy atom. The fourth-order valence-electron chi connectivity index (χ4n) is 1.98. The standard InChI is InChI=1S/C14H16FNO/c1-4-9(2)13-10(3)17-16-14(13)11-5-7-12(15)8-6-11/h5-9H,4H2,1-3H3. The first kappa shape index (κ1) is 11.8. The van der Waals surface area contributed by atoms with Crippen molar-refractivity contribution in [2.24, 2.45) is 0 Å². The second kappa shape index (κ2) is 4.70. The predicted octanol–water partition coefficient (Wildman–Crippen LogP) is 4.30. The Hall–Kier alpha value is -1.64. The van der Waals surface area contributed by atoms with E-state index < -0.39 is 0 Å². The molecule has 1 aromatic heterocycles. The van der Waals surface area contributed by atoms with Gasteiger partial charge in [0, 0.05) is 11.1 Å². The molecule has 17 heavy (non-hydrogen) atoms. The molecule has 0 saturated carbocycles. The number of rotatable bonds is 3. The first-order chi connectivity index (χ1) is 8.13.